The van der Waals surface area contributed by atoms with E-state index in [1.54, 1.807) is 24.3 Å². The van der Waals surface area contributed by atoms with Gasteiger partial charge in [0.05, 0.1) is 10.6 Å². The number of hydrogen-bond donors (Lipinski definition) is 4. The summed E-state index contributed by atoms with van der Waals surface area (Å²) in [7, 11) is -3.77. The van der Waals surface area contributed by atoms with Gasteiger partial charge in [-0.25, -0.2) is 13.2 Å². The fraction of sp³-hybridized carbons (Fsp3) is 0.0500. The highest BCUT2D eigenvalue weighted by molar-refractivity contribution is 7.92. The van der Waals surface area contributed by atoms with Gasteiger partial charge in [-0.15, -0.1) is 0 Å². The fourth-order valence-corrected chi connectivity index (χ4v) is 3.61. The number of sulfonamides is 1. The van der Waals surface area contributed by atoms with Crippen LogP contribution in [0.25, 0.3) is 0 Å². The molecule has 5 N–H and O–H groups in total. The van der Waals surface area contributed by atoms with Crippen LogP contribution in [0.4, 0.5) is 16.2 Å². The molecule has 1 aromatic heterocycles. The number of rotatable bonds is 7. The Hall–Kier alpha value is -3.92. The van der Waals surface area contributed by atoms with Crippen molar-refractivity contribution < 1.29 is 18.0 Å². The minimum Gasteiger partial charge on any atom is -0.351 e. The smallest absolute Gasteiger partial charge is 0.316 e. The van der Waals surface area contributed by atoms with E-state index in [2.05, 4.69) is 20.3 Å². The average Bonchev–Trinajstić information content (AvgIpc) is 2.73. The first-order valence-electron chi connectivity index (χ1n) is 8.80. The van der Waals surface area contributed by atoms with Gasteiger partial charge in [0.2, 0.25) is 0 Å². The molecule has 3 aromatic rings. The lowest BCUT2D eigenvalue weighted by Gasteiger charge is -2.09. The van der Waals surface area contributed by atoms with Gasteiger partial charge in [0, 0.05) is 30.2 Å². The van der Waals surface area contributed by atoms with Crippen LogP contribution in [0.1, 0.15) is 15.9 Å². The number of primary amides is 1. The zero-order chi connectivity index (χ0) is 21.6. The van der Waals surface area contributed by atoms with Gasteiger partial charge >= 0.3 is 6.03 Å². The number of benzene rings is 2. The maximum atomic E-state index is 12.4. The number of pyridine rings is 1. The van der Waals surface area contributed by atoms with Crippen molar-refractivity contribution in [3.63, 3.8) is 0 Å². The summed E-state index contributed by atoms with van der Waals surface area (Å²) in [6.07, 6.45) is 2.96. The first kappa shape index (κ1) is 20.8. The molecule has 0 bridgehead atoms. The first-order chi connectivity index (χ1) is 14.3. The molecule has 0 saturated heterocycles. The van der Waals surface area contributed by atoms with E-state index in [1.165, 1.54) is 48.8 Å². The monoisotopic (exact) mass is 425 g/mol. The molecule has 10 heteroatoms. The molecule has 0 aliphatic rings. The minimum absolute atomic E-state index is 0.0356. The molecule has 0 radical (unpaired) electrons. The Labute approximate surface area is 173 Å². The highest BCUT2D eigenvalue weighted by Crippen LogP contribution is 2.16. The Balaban J connectivity index is 1.60. The summed E-state index contributed by atoms with van der Waals surface area (Å²) in [4.78, 5) is 27.0. The molecular formula is C20H19N5O4S. The zero-order valence-electron chi connectivity index (χ0n) is 15.7. The summed E-state index contributed by atoms with van der Waals surface area (Å²) in [5.74, 6) is -0.347. The molecule has 30 heavy (non-hydrogen) atoms. The largest absolute Gasteiger partial charge is 0.351 e. The van der Waals surface area contributed by atoms with Gasteiger partial charge < -0.3 is 16.4 Å². The van der Waals surface area contributed by atoms with Crippen LogP contribution in [-0.2, 0) is 16.6 Å². The fourth-order valence-electron chi connectivity index (χ4n) is 2.55. The SMILES string of the molecule is NC(=O)Nc1ccc(CNC(=O)c2ccc(S(=O)(=O)Nc3ccncc3)cc2)cc1. The molecule has 3 amide bonds. The molecular weight excluding hydrogens is 406 g/mol. The van der Waals surface area contributed by atoms with E-state index in [4.69, 9.17) is 5.73 Å². The molecule has 0 atom stereocenters. The predicted molar refractivity (Wildman–Crippen MR) is 112 cm³/mol. The number of carbonyl (C=O) groups excluding carboxylic acids is 2. The third-order valence-electron chi connectivity index (χ3n) is 4.03. The molecule has 1 heterocycles. The molecule has 0 spiro atoms. The van der Waals surface area contributed by atoms with E-state index < -0.39 is 16.1 Å². The van der Waals surface area contributed by atoms with Crippen LogP contribution in [0.5, 0.6) is 0 Å². The Morgan fingerprint density at radius 3 is 2.10 bits per heavy atom. The second-order valence-electron chi connectivity index (χ2n) is 6.23. The van der Waals surface area contributed by atoms with E-state index in [9.17, 15) is 18.0 Å². The van der Waals surface area contributed by atoms with Gasteiger partial charge in [-0.05, 0) is 54.1 Å². The van der Waals surface area contributed by atoms with Crippen LogP contribution in [0, 0.1) is 0 Å². The summed E-state index contributed by atoms with van der Waals surface area (Å²) in [5, 5.41) is 5.20. The Morgan fingerprint density at radius 1 is 0.867 bits per heavy atom. The van der Waals surface area contributed by atoms with Gasteiger partial charge in [0.25, 0.3) is 15.9 Å². The van der Waals surface area contributed by atoms with Gasteiger partial charge in [-0.2, -0.15) is 0 Å². The number of anilines is 2. The van der Waals surface area contributed by atoms with Crippen LogP contribution in [-0.4, -0.2) is 25.3 Å². The van der Waals surface area contributed by atoms with E-state index in [0.717, 1.165) is 5.56 Å². The van der Waals surface area contributed by atoms with Crippen molar-refractivity contribution in [2.75, 3.05) is 10.0 Å². The number of carbonyl (C=O) groups is 2. The number of nitrogens with zero attached hydrogens (tertiary/aromatic N) is 1. The molecule has 0 saturated carbocycles. The van der Waals surface area contributed by atoms with Crippen molar-refractivity contribution in [2.45, 2.75) is 11.4 Å². The van der Waals surface area contributed by atoms with Gasteiger partial charge in [-0.1, -0.05) is 12.1 Å². The number of aromatic nitrogens is 1. The second-order valence-corrected chi connectivity index (χ2v) is 7.92. The summed E-state index contributed by atoms with van der Waals surface area (Å²) in [5.41, 5.74) is 7.14. The van der Waals surface area contributed by atoms with E-state index in [1.807, 2.05) is 0 Å². The second kappa shape index (κ2) is 9.05. The summed E-state index contributed by atoms with van der Waals surface area (Å²) >= 11 is 0. The van der Waals surface area contributed by atoms with Crippen molar-refractivity contribution in [3.05, 3.63) is 84.2 Å². The molecule has 2 aromatic carbocycles. The van der Waals surface area contributed by atoms with Gasteiger partial charge in [-0.3, -0.25) is 14.5 Å². The van der Waals surface area contributed by atoms with Gasteiger partial charge in [0.15, 0.2) is 0 Å². The molecule has 154 valence electrons. The standard InChI is InChI=1S/C20H19N5O4S/c21-20(27)24-16-5-1-14(2-6-16)13-23-19(26)15-3-7-18(8-4-15)30(28,29)25-17-9-11-22-12-10-17/h1-12H,13H2,(H,22,25)(H,23,26)(H3,21,24,27). The number of hydrogen-bond acceptors (Lipinski definition) is 5. The molecule has 0 aliphatic carbocycles. The van der Waals surface area contributed by atoms with Crippen LogP contribution in [0.2, 0.25) is 0 Å². The number of nitrogens with two attached hydrogens (primary N) is 1. The van der Waals surface area contributed by atoms with Crippen molar-refractivity contribution in [2.24, 2.45) is 5.73 Å². The molecule has 0 unspecified atom stereocenters. The van der Waals surface area contributed by atoms with Crippen LogP contribution in [0.3, 0.4) is 0 Å². The molecule has 3 rings (SSSR count). The number of amides is 3. The summed E-state index contributed by atoms with van der Waals surface area (Å²) < 4.78 is 27.3. The average molecular weight is 425 g/mol. The van der Waals surface area contributed by atoms with Gasteiger partial charge in [0.1, 0.15) is 0 Å². The maximum Gasteiger partial charge on any atom is 0.316 e. The van der Waals surface area contributed by atoms with Crippen molar-refractivity contribution in [1.29, 1.82) is 0 Å². The predicted octanol–water partition coefficient (Wildman–Crippen LogP) is 2.30. The van der Waals surface area contributed by atoms with Crippen molar-refractivity contribution in [1.82, 2.24) is 10.3 Å². The topological polar surface area (TPSA) is 143 Å². The van der Waals surface area contributed by atoms with Crippen LogP contribution >= 0.6 is 0 Å². The summed E-state index contributed by atoms with van der Waals surface area (Å²) in [6, 6.07) is 14.9. The highest BCUT2D eigenvalue weighted by atomic mass is 32.2. The Bertz CT molecular complexity index is 1130. The van der Waals surface area contributed by atoms with E-state index in [0.29, 0.717) is 16.9 Å². The molecule has 0 fully saturated rings. The third kappa shape index (κ3) is 5.55. The normalized spacial score (nSPS) is 10.8. The quantitative estimate of drug-likeness (QED) is 0.459. The molecule has 9 nitrogen and oxygen atoms in total. The van der Waals surface area contributed by atoms with E-state index in [-0.39, 0.29) is 17.3 Å². The third-order valence-corrected chi connectivity index (χ3v) is 5.43. The molecule has 0 aliphatic heterocycles. The lowest BCUT2D eigenvalue weighted by molar-refractivity contribution is 0.0951. The lowest BCUT2D eigenvalue weighted by Crippen LogP contribution is -2.23. The Morgan fingerprint density at radius 2 is 1.50 bits per heavy atom. The van der Waals surface area contributed by atoms with E-state index >= 15 is 0 Å². The highest BCUT2D eigenvalue weighted by Gasteiger charge is 2.15. The Kier molecular flexibility index (Phi) is 6.28. The zero-order valence-corrected chi connectivity index (χ0v) is 16.5. The number of nitrogens with one attached hydrogen (secondary N) is 3. The maximum absolute atomic E-state index is 12.4. The van der Waals surface area contributed by atoms with Crippen molar-refractivity contribution in [3.8, 4) is 0 Å². The van der Waals surface area contributed by atoms with Crippen LogP contribution < -0.4 is 21.1 Å². The van der Waals surface area contributed by atoms with Crippen LogP contribution in [0.15, 0.2) is 78.0 Å². The lowest BCUT2D eigenvalue weighted by atomic mass is 10.2. The first-order valence-corrected chi connectivity index (χ1v) is 10.3. The number of urea groups is 1. The summed E-state index contributed by atoms with van der Waals surface area (Å²) in [6.45, 7) is 0.263. The van der Waals surface area contributed by atoms with Crippen molar-refractivity contribution >= 4 is 33.3 Å². The minimum atomic E-state index is -3.77.